The molecule has 0 aliphatic carbocycles. The molecule has 17 heavy (non-hydrogen) atoms. The van der Waals surface area contributed by atoms with Crippen LogP contribution in [-0.4, -0.2) is 23.7 Å². The molecule has 3 nitrogen and oxygen atoms in total. The van der Waals surface area contributed by atoms with Crippen LogP contribution in [0.15, 0.2) is 30.3 Å². The Labute approximate surface area is 102 Å². The Balaban J connectivity index is 2.43. The van der Waals surface area contributed by atoms with Crippen LogP contribution in [0.3, 0.4) is 0 Å². The second-order valence-corrected chi connectivity index (χ2v) is 4.14. The summed E-state index contributed by atoms with van der Waals surface area (Å²) in [5, 5.41) is 12.1. The number of rotatable bonds is 3. The van der Waals surface area contributed by atoms with Gasteiger partial charge in [0.05, 0.1) is 6.10 Å². The number of aliphatic hydroxyl groups excluding tert-OH is 1. The molecule has 1 amide bonds. The fourth-order valence-corrected chi connectivity index (χ4v) is 1.13. The minimum atomic E-state index is -0.530. The van der Waals surface area contributed by atoms with Crippen molar-refractivity contribution in [3.63, 3.8) is 0 Å². The second-order valence-electron chi connectivity index (χ2n) is 4.14. The van der Waals surface area contributed by atoms with Crippen LogP contribution in [-0.2, 0) is 4.79 Å². The van der Waals surface area contributed by atoms with E-state index in [1.165, 1.54) is 0 Å². The van der Waals surface area contributed by atoms with Gasteiger partial charge in [0.25, 0.3) is 5.91 Å². The van der Waals surface area contributed by atoms with Gasteiger partial charge in [-0.25, -0.2) is 0 Å². The second kappa shape index (κ2) is 6.72. The number of carbonyl (C=O) groups excluding carboxylic acids is 1. The quantitative estimate of drug-likeness (QED) is 0.767. The molecule has 1 aromatic carbocycles. The molecule has 0 saturated carbocycles. The average molecular weight is 231 g/mol. The van der Waals surface area contributed by atoms with Crippen LogP contribution in [0.1, 0.15) is 19.4 Å². The van der Waals surface area contributed by atoms with E-state index in [1.807, 2.05) is 44.2 Å². The molecule has 90 valence electrons. The molecule has 0 aromatic heterocycles. The molecule has 0 spiro atoms. The molecule has 0 bridgehead atoms. The molecule has 1 rings (SSSR count). The summed E-state index contributed by atoms with van der Waals surface area (Å²) in [7, 11) is 0. The number of nitrogens with one attached hydrogen (secondary N) is 1. The van der Waals surface area contributed by atoms with E-state index in [9.17, 15) is 9.90 Å². The zero-order chi connectivity index (χ0) is 12.7. The largest absolute Gasteiger partial charge is 0.391 e. The summed E-state index contributed by atoms with van der Waals surface area (Å²) in [4.78, 5) is 11.3. The Bertz CT molecular complexity index is 415. The lowest BCUT2D eigenvalue weighted by Crippen LogP contribution is -2.33. The third-order valence-corrected chi connectivity index (χ3v) is 2.34. The van der Waals surface area contributed by atoms with Crippen molar-refractivity contribution in [1.82, 2.24) is 5.32 Å². The highest BCUT2D eigenvalue weighted by Crippen LogP contribution is 1.98. The molecule has 0 fully saturated rings. The van der Waals surface area contributed by atoms with Crippen molar-refractivity contribution in [1.29, 1.82) is 0 Å². The SMILES string of the molecule is CC(C)C(O)CNC(=O)C#Cc1ccccc1. The molecule has 1 aromatic rings. The summed E-state index contributed by atoms with van der Waals surface area (Å²) in [5.41, 5.74) is 0.798. The van der Waals surface area contributed by atoms with E-state index < -0.39 is 6.10 Å². The predicted octanol–water partition coefficient (Wildman–Crippen LogP) is 1.17. The van der Waals surface area contributed by atoms with Gasteiger partial charge in [-0.3, -0.25) is 4.79 Å². The smallest absolute Gasteiger partial charge is 0.296 e. The van der Waals surface area contributed by atoms with E-state index in [0.717, 1.165) is 5.56 Å². The van der Waals surface area contributed by atoms with Crippen molar-refractivity contribution in [2.75, 3.05) is 6.54 Å². The summed E-state index contributed by atoms with van der Waals surface area (Å²) >= 11 is 0. The molecule has 2 N–H and O–H groups in total. The number of hydrogen-bond acceptors (Lipinski definition) is 2. The molecular formula is C14H17NO2. The van der Waals surface area contributed by atoms with Crippen molar-refractivity contribution >= 4 is 5.91 Å². The molecule has 0 aliphatic rings. The monoisotopic (exact) mass is 231 g/mol. The summed E-state index contributed by atoms with van der Waals surface area (Å²) in [6.45, 7) is 4.03. The van der Waals surface area contributed by atoms with Crippen molar-refractivity contribution < 1.29 is 9.90 Å². The maximum atomic E-state index is 11.3. The van der Waals surface area contributed by atoms with Gasteiger partial charge in [0.1, 0.15) is 0 Å². The molecule has 0 saturated heterocycles. The van der Waals surface area contributed by atoms with Gasteiger partial charge in [0.15, 0.2) is 0 Å². The minimum Gasteiger partial charge on any atom is -0.391 e. The van der Waals surface area contributed by atoms with E-state index in [1.54, 1.807) is 0 Å². The van der Waals surface area contributed by atoms with E-state index in [0.29, 0.717) is 0 Å². The standard InChI is InChI=1S/C14H17NO2/c1-11(2)13(16)10-15-14(17)9-8-12-6-4-3-5-7-12/h3-7,11,13,16H,10H2,1-2H3,(H,15,17). The van der Waals surface area contributed by atoms with Crippen LogP contribution >= 0.6 is 0 Å². The molecule has 1 atom stereocenters. The van der Waals surface area contributed by atoms with Crippen molar-refractivity contribution in [3.8, 4) is 11.8 Å². The number of benzene rings is 1. The van der Waals surface area contributed by atoms with Gasteiger partial charge >= 0.3 is 0 Å². The van der Waals surface area contributed by atoms with E-state index in [-0.39, 0.29) is 18.4 Å². The maximum Gasteiger partial charge on any atom is 0.296 e. The van der Waals surface area contributed by atoms with Gasteiger partial charge in [-0.1, -0.05) is 38.0 Å². The first-order chi connectivity index (χ1) is 8.09. The summed E-state index contributed by atoms with van der Waals surface area (Å²) in [6.07, 6.45) is -0.530. The highest BCUT2D eigenvalue weighted by atomic mass is 16.3. The van der Waals surface area contributed by atoms with Crippen LogP contribution in [0.2, 0.25) is 0 Å². The van der Waals surface area contributed by atoms with Crippen LogP contribution in [0.25, 0.3) is 0 Å². The first kappa shape index (κ1) is 13.3. The van der Waals surface area contributed by atoms with Gasteiger partial charge < -0.3 is 10.4 Å². The maximum absolute atomic E-state index is 11.3. The summed E-state index contributed by atoms with van der Waals surface area (Å²) < 4.78 is 0. The Morgan fingerprint density at radius 2 is 2.00 bits per heavy atom. The first-order valence-corrected chi connectivity index (χ1v) is 5.62. The number of amides is 1. The number of carbonyl (C=O) groups is 1. The molecule has 0 radical (unpaired) electrons. The van der Waals surface area contributed by atoms with E-state index >= 15 is 0 Å². The van der Waals surface area contributed by atoms with Gasteiger partial charge in [0.2, 0.25) is 0 Å². The zero-order valence-electron chi connectivity index (χ0n) is 10.1. The normalized spacial score (nSPS) is 11.5. The lowest BCUT2D eigenvalue weighted by atomic mass is 10.1. The number of aliphatic hydroxyl groups is 1. The van der Waals surface area contributed by atoms with Crippen LogP contribution in [0.5, 0.6) is 0 Å². The van der Waals surface area contributed by atoms with E-state index in [2.05, 4.69) is 17.2 Å². The van der Waals surface area contributed by atoms with Gasteiger partial charge in [-0.15, -0.1) is 0 Å². The summed E-state index contributed by atoms with van der Waals surface area (Å²) in [5.74, 6) is 4.99. The first-order valence-electron chi connectivity index (χ1n) is 5.62. The van der Waals surface area contributed by atoms with Crippen molar-refractivity contribution in [2.45, 2.75) is 20.0 Å². The van der Waals surface area contributed by atoms with Gasteiger partial charge in [0, 0.05) is 18.0 Å². The Morgan fingerprint density at radius 1 is 1.35 bits per heavy atom. The third kappa shape index (κ3) is 5.19. The molecule has 0 aliphatic heterocycles. The van der Waals surface area contributed by atoms with Crippen LogP contribution < -0.4 is 5.32 Å². The number of hydrogen-bond donors (Lipinski definition) is 2. The van der Waals surface area contributed by atoms with Crippen LogP contribution in [0.4, 0.5) is 0 Å². The predicted molar refractivity (Wildman–Crippen MR) is 67.2 cm³/mol. The Hall–Kier alpha value is -1.79. The molecule has 1 unspecified atom stereocenters. The summed E-state index contributed by atoms with van der Waals surface area (Å²) in [6, 6.07) is 9.30. The zero-order valence-corrected chi connectivity index (χ0v) is 10.1. The van der Waals surface area contributed by atoms with Gasteiger partial charge in [-0.05, 0) is 18.1 Å². The Morgan fingerprint density at radius 3 is 2.59 bits per heavy atom. The van der Waals surface area contributed by atoms with Gasteiger partial charge in [-0.2, -0.15) is 0 Å². The fraction of sp³-hybridized carbons (Fsp3) is 0.357. The third-order valence-electron chi connectivity index (χ3n) is 2.34. The molecule has 3 heteroatoms. The topological polar surface area (TPSA) is 49.3 Å². The minimum absolute atomic E-state index is 0.123. The average Bonchev–Trinajstić information content (AvgIpc) is 2.34. The van der Waals surface area contributed by atoms with Crippen molar-refractivity contribution in [3.05, 3.63) is 35.9 Å². The van der Waals surface area contributed by atoms with E-state index in [4.69, 9.17) is 0 Å². The lowest BCUT2D eigenvalue weighted by molar-refractivity contribution is -0.116. The molecular weight excluding hydrogens is 214 g/mol. The fourth-order valence-electron chi connectivity index (χ4n) is 1.13. The molecule has 0 heterocycles. The highest BCUT2D eigenvalue weighted by Gasteiger charge is 2.09. The lowest BCUT2D eigenvalue weighted by Gasteiger charge is -2.13. The Kier molecular flexibility index (Phi) is 5.25. The highest BCUT2D eigenvalue weighted by molar-refractivity contribution is 5.94. The van der Waals surface area contributed by atoms with Crippen LogP contribution in [0, 0.1) is 17.8 Å². The van der Waals surface area contributed by atoms with Crippen molar-refractivity contribution in [2.24, 2.45) is 5.92 Å².